The van der Waals surface area contributed by atoms with Crippen LogP contribution in [-0.2, 0) is 6.54 Å². The maximum absolute atomic E-state index is 4.27. The molecule has 3 heteroatoms. The van der Waals surface area contributed by atoms with Crippen molar-refractivity contribution < 1.29 is 0 Å². The second kappa shape index (κ2) is 4.16. The monoisotopic (exact) mass is 165 g/mol. The van der Waals surface area contributed by atoms with Crippen molar-refractivity contribution in [3.8, 4) is 0 Å². The molecule has 0 bridgehead atoms. The molecule has 0 aliphatic heterocycles. The first-order valence-electron chi connectivity index (χ1n) is 4.20. The molecular formula is C9H15N3. The average Bonchev–Trinajstić information content (AvgIpc) is 2.01. The van der Waals surface area contributed by atoms with E-state index in [0.29, 0.717) is 6.04 Å². The molecule has 1 N–H and O–H groups in total. The van der Waals surface area contributed by atoms with E-state index in [4.69, 9.17) is 0 Å². The van der Waals surface area contributed by atoms with Gasteiger partial charge in [-0.1, -0.05) is 13.8 Å². The van der Waals surface area contributed by atoms with Crippen LogP contribution in [0.4, 0.5) is 0 Å². The number of nitrogens with one attached hydrogen (secondary N) is 1. The van der Waals surface area contributed by atoms with E-state index in [9.17, 15) is 0 Å². The van der Waals surface area contributed by atoms with Crippen molar-refractivity contribution in [3.05, 3.63) is 23.8 Å². The molecule has 1 aromatic rings. The smallest absolute Gasteiger partial charge is 0.125 e. The molecular weight excluding hydrogens is 150 g/mol. The van der Waals surface area contributed by atoms with Gasteiger partial charge < -0.3 is 5.32 Å². The lowest BCUT2D eigenvalue weighted by molar-refractivity contribution is 0.579. The van der Waals surface area contributed by atoms with Crippen molar-refractivity contribution in [1.29, 1.82) is 0 Å². The molecule has 0 spiro atoms. The van der Waals surface area contributed by atoms with Crippen LogP contribution in [0.5, 0.6) is 0 Å². The predicted octanol–water partition coefficient (Wildman–Crippen LogP) is 1.28. The summed E-state index contributed by atoms with van der Waals surface area (Å²) in [4.78, 5) is 8.30. The maximum Gasteiger partial charge on any atom is 0.125 e. The average molecular weight is 165 g/mol. The molecule has 0 radical (unpaired) electrons. The Morgan fingerprint density at radius 3 is 2.83 bits per heavy atom. The van der Waals surface area contributed by atoms with Crippen molar-refractivity contribution >= 4 is 0 Å². The fraction of sp³-hybridized carbons (Fsp3) is 0.556. The minimum atomic E-state index is 0.500. The van der Waals surface area contributed by atoms with Crippen LogP contribution in [0.2, 0.25) is 0 Å². The van der Waals surface area contributed by atoms with E-state index in [1.54, 1.807) is 6.20 Å². The van der Waals surface area contributed by atoms with Gasteiger partial charge in [-0.2, -0.15) is 0 Å². The van der Waals surface area contributed by atoms with Gasteiger partial charge in [-0.3, -0.25) is 0 Å². The highest BCUT2D eigenvalue weighted by atomic mass is 14.9. The Morgan fingerprint density at radius 1 is 1.50 bits per heavy atom. The Morgan fingerprint density at radius 2 is 2.25 bits per heavy atom. The van der Waals surface area contributed by atoms with Crippen LogP contribution in [0, 0.1) is 6.92 Å². The molecule has 1 aromatic heterocycles. The molecule has 1 heterocycles. The molecule has 0 saturated carbocycles. The van der Waals surface area contributed by atoms with Gasteiger partial charge in [0.25, 0.3) is 0 Å². The molecule has 0 amide bonds. The summed E-state index contributed by atoms with van der Waals surface area (Å²) in [5, 5.41) is 3.30. The highest BCUT2D eigenvalue weighted by Gasteiger charge is 1.96. The van der Waals surface area contributed by atoms with Crippen LogP contribution in [0.3, 0.4) is 0 Å². The maximum atomic E-state index is 4.27. The first kappa shape index (κ1) is 9.13. The summed E-state index contributed by atoms with van der Waals surface area (Å²) in [6.07, 6.45) is 1.79. The summed E-state index contributed by atoms with van der Waals surface area (Å²) in [6.45, 7) is 6.96. The summed E-state index contributed by atoms with van der Waals surface area (Å²) in [5.74, 6) is 0.832. The lowest BCUT2D eigenvalue weighted by Gasteiger charge is -2.06. The van der Waals surface area contributed by atoms with Gasteiger partial charge in [-0.15, -0.1) is 0 Å². The third kappa shape index (κ3) is 2.96. The van der Waals surface area contributed by atoms with E-state index in [-0.39, 0.29) is 0 Å². The second-order valence-electron chi connectivity index (χ2n) is 3.13. The van der Waals surface area contributed by atoms with Gasteiger partial charge in [-0.25, -0.2) is 9.97 Å². The molecule has 0 atom stereocenters. The van der Waals surface area contributed by atoms with Crippen molar-refractivity contribution in [3.63, 3.8) is 0 Å². The van der Waals surface area contributed by atoms with Crippen LogP contribution in [-0.4, -0.2) is 16.0 Å². The molecule has 0 fully saturated rings. The van der Waals surface area contributed by atoms with Gasteiger partial charge in [0, 0.05) is 18.8 Å². The zero-order valence-electron chi connectivity index (χ0n) is 7.83. The third-order valence-electron chi connectivity index (χ3n) is 1.53. The topological polar surface area (TPSA) is 37.8 Å². The van der Waals surface area contributed by atoms with Gasteiger partial charge in [0.2, 0.25) is 0 Å². The van der Waals surface area contributed by atoms with Crippen LogP contribution < -0.4 is 5.32 Å². The number of hydrogen-bond donors (Lipinski definition) is 1. The van der Waals surface area contributed by atoms with Crippen LogP contribution >= 0.6 is 0 Å². The van der Waals surface area contributed by atoms with Crippen LogP contribution in [0.25, 0.3) is 0 Å². The van der Waals surface area contributed by atoms with Crippen molar-refractivity contribution in [2.75, 3.05) is 0 Å². The summed E-state index contributed by atoms with van der Waals surface area (Å²) < 4.78 is 0. The van der Waals surface area contributed by atoms with E-state index < -0.39 is 0 Å². The molecule has 0 unspecified atom stereocenters. The van der Waals surface area contributed by atoms with Crippen molar-refractivity contribution in [1.82, 2.24) is 15.3 Å². The summed E-state index contributed by atoms with van der Waals surface area (Å²) in [7, 11) is 0. The Kier molecular flexibility index (Phi) is 3.17. The van der Waals surface area contributed by atoms with E-state index >= 15 is 0 Å². The first-order chi connectivity index (χ1) is 5.68. The fourth-order valence-corrected chi connectivity index (χ4v) is 0.912. The summed E-state index contributed by atoms with van der Waals surface area (Å²) in [5.41, 5.74) is 1.05. The standard InChI is InChI=1S/C9H15N3/c1-7(2)11-6-9-4-5-10-8(3)12-9/h4-5,7,11H,6H2,1-3H3. The van der Waals surface area contributed by atoms with Gasteiger partial charge in [0.1, 0.15) is 5.82 Å². The van der Waals surface area contributed by atoms with Crippen LogP contribution in [0.1, 0.15) is 25.4 Å². The van der Waals surface area contributed by atoms with Gasteiger partial charge >= 0.3 is 0 Å². The number of rotatable bonds is 3. The molecule has 0 aromatic carbocycles. The normalized spacial score (nSPS) is 10.7. The lowest BCUT2D eigenvalue weighted by atomic mass is 10.3. The quantitative estimate of drug-likeness (QED) is 0.733. The number of aromatic nitrogens is 2. The van der Waals surface area contributed by atoms with Crippen molar-refractivity contribution in [2.24, 2.45) is 0 Å². The molecule has 66 valence electrons. The zero-order valence-corrected chi connectivity index (χ0v) is 7.83. The van der Waals surface area contributed by atoms with Gasteiger partial charge in [-0.05, 0) is 13.0 Å². The Balaban J connectivity index is 2.52. The first-order valence-corrected chi connectivity index (χ1v) is 4.20. The predicted molar refractivity (Wildman–Crippen MR) is 48.7 cm³/mol. The number of nitrogens with zero attached hydrogens (tertiary/aromatic N) is 2. The van der Waals surface area contributed by atoms with E-state index in [1.807, 2.05) is 13.0 Å². The largest absolute Gasteiger partial charge is 0.309 e. The molecule has 0 aliphatic carbocycles. The van der Waals surface area contributed by atoms with E-state index in [0.717, 1.165) is 18.1 Å². The Bertz CT molecular complexity index is 245. The van der Waals surface area contributed by atoms with Crippen molar-refractivity contribution in [2.45, 2.75) is 33.4 Å². The highest BCUT2D eigenvalue weighted by molar-refractivity contribution is 5.01. The molecule has 12 heavy (non-hydrogen) atoms. The minimum absolute atomic E-state index is 0.500. The molecule has 0 aliphatic rings. The third-order valence-corrected chi connectivity index (χ3v) is 1.53. The highest BCUT2D eigenvalue weighted by Crippen LogP contribution is 1.94. The van der Waals surface area contributed by atoms with Gasteiger partial charge in [0.15, 0.2) is 0 Å². The summed E-state index contributed by atoms with van der Waals surface area (Å²) in [6, 6.07) is 2.43. The van der Waals surface area contributed by atoms with E-state index in [1.165, 1.54) is 0 Å². The van der Waals surface area contributed by atoms with Crippen LogP contribution in [0.15, 0.2) is 12.3 Å². The zero-order chi connectivity index (χ0) is 8.97. The molecule has 0 saturated heterocycles. The van der Waals surface area contributed by atoms with E-state index in [2.05, 4.69) is 29.1 Å². The van der Waals surface area contributed by atoms with Gasteiger partial charge in [0.05, 0.1) is 5.69 Å². The fourth-order valence-electron chi connectivity index (χ4n) is 0.912. The second-order valence-corrected chi connectivity index (χ2v) is 3.13. The molecule has 3 nitrogen and oxygen atoms in total. The summed E-state index contributed by atoms with van der Waals surface area (Å²) >= 11 is 0. The SMILES string of the molecule is Cc1nccc(CNC(C)C)n1. The number of hydrogen-bond acceptors (Lipinski definition) is 3. The minimum Gasteiger partial charge on any atom is -0.309 e. The molecule has 1 rings (SSSR count). The Labute approximate surface area is 73.2 Å². The Hall–Kier alpha value is -0.960. The lowest BCUT2D eigenvalue weighted by Crippen LogP contribution is -2.22. The number of aryl methyl sites for hydroxylation is 1.